The quantitative estimate of drug-likeness (QED) is 0.215. The lowest BCUT2D eigenvalue weighted by Crippen LogP contribution is -2.40. The van der Waals surface area contributed by atoms with E-state index in [2.05, 4.69) is 15.3 Å². The first-order valence-corrected chi connectivity index (χ1v) is 15.5. The Hall–Kier alpha value is -4.77. The second-order valence-corrected chi connectivity index (χ2v) is 12.1. The number of fused-ring (bicyclic) bond motifs is 2. The molecule has 236 valence electrons. The minimum absolute atomic E-state index is 0.0135. The van der Waals surface area contributed by atoms with E-state index in [4.69, 9.17) is 11.6 Å². The summed E-state index contributed by atoms with van der Waals surface area (Å²) in [6.45, 7) is 2.12. The first kappa shape index (κ1) is 29.9. The van der Waals surface area contributed by atoms with Crippen LogP contribution in [0.3, 0.4) is 0 Å². The molecule has 2 aliphatic rings. The number of piperidine rings is 1. The van der Waals surface area contributed by atoms with Crippen LogP contribution >= 0.6 is 11.6 Å². The van der Waals surface area contributed by atoms with Crippen molar-refractivity contribution in [2.45, 2.75) is 31.6 Å². The van der Waals surface area contributed by atoms with Crippen LogP contribution in [-0.2, 0) is 12.7 Å². The molecule has 1 amide bonds. The van der Waals surface area contributed by atoms with Gasteiger partial charge in [-0.15, -0.1) is 0 Å². The largest absolute Gasteiger partial charge is 0.416 e. The summed E-state index contributed by atoms with van der Waals surface area (Å²) >= 11 is 6.08. The second kappa shape index (κ2) is 11.9. The zero-order chi connectivity index (χ0) is 32.0. The fourth-order valence-electron chi connectivity index (χ4n) is 6.51. The Bertz CT molecular complexity index is 1980. The normalized spacial score (nSPS) is 15.6. The number of benzene rings is 3. The Kier molecular flexibility index (Phi) is 7.72. The summed E-state index contributed by atoms with van der Waals surface area (Å²) in [5.41, 5.74) is 3.78. The maximum absolute atomic E-state index is 13.7. The number of likely N-dealkylation sites (tertiary alicyclic amines) is 1. The van der Waals surface area contributed by atoms with Gasteiger partial charge in [0.05, 0.1) is 22.3 Å². The lowest BCUT2D eigenvalue weighted by molar-refractivity contribution is -0.138. The van der Waals surface area contributed by atoms with Crippen LogP contribution in [0.15, 0.2) is 83.8 Å². The topological polar surface area (TPSA) is 86.3 Å². The summed E-state index contributed by atoms with van der Waals surface area (Å²) in [7, 11) is 0. The molecule has 1 fully saturated rings. The molecule has 0 radical (unpaired) electrons. The van der Waals surface area contributed by atoms with Crippen molar-refractivity contribution >= 4 is 40.0 Å². The standard InChI is InChI=1S/C34H30ClF3N6O2/c35-25-9-10-27(34(36,37)38)24(17-25)20-43-16-13-39-31-30(43)18-23(19-40-31)21-5-7-22(8-6-21)32(45)42-14-11-26(12-15-42)44-29-4-2-1-3-28(29)41-33(44)46/h1-10,17-19,26H,11-16,20H2,(H,39,40)(H,41,46). The number of amides is 1. The van der Waals surface area contributed by atoms with Crippen LogP contribution in [0, 0.1) is 0 Å². The Morgan fingerprint density at radius 2 is 1.72 bits per heavy atom. The predicted molar refractivity (Wildman–Crippen MR) is 172 cm³/mol. The Morgan fingerprint density at radius 3 is 2.48 bits per heavy atom. The van der Waals surface area contributed by atoms with Gasteiger partial charge in [-0.2, -0.15) is 13.2 Å². The highest BCUT2D eigenvalue weighted by atomic mass is 35.5. The summed E-state index contributed by atoms with van der Waals surface area (Å²) in [6.07, 6.45) is -1.43. The molecule has 5 aromatic rings. The average Bonchev–Trinajstić information content (AvgIpc) is 3.39. The highest BCUT2D eigenvalue weighted by molar-refractivity contribution is 6.30. The molecule has 0 aliphatic carbocycles. The van der Waals surface area contributed by atoms with E-state index in [1.54, 1.807) is 22.9 Å². The first-order chi connectivity index (χ1) is 22.2. The molecule has 0 bridgehead atoms. The maximum Gasteiger partial charge on any atom is 0.416 e. The van der Waals surface area contributed by atoms with Crippen molar-refractivity contribution in [1.82, 2.24) is 19.4 Å². The lowest BCUT2D eigenvalue weighted by atomic mass is 10.0. The van der Waals surface area contributed by atoms with E-state index in [-0.39, 0.29) is 34.8 Å². The molecule has 0 atom stereocenters. The molecule has 46 heavy (non-hydrogen) atoms. The number of nitrogens with zero attached hydrogens (tertiary/aromatic N) is 4. The number of pyridine rings is 1. The van der Waals surface area contributed by atoms with Gasteiger partial charge < -0.3 is 20.1 Å². The van der Waals surface area contributed by atoms with Gasteiger partial charge in [-0.1, -0.05) is 35.9 Å². The van der Waals surface area contributed by atoms with Gasteiger partial charge in [0.15, 0.2) is 0 Å². The van der Waals surface area contributed by atoms with Crippen molar-refractivity contribution in [2.75, 3.05) is 36.4 Å². The molecule has 0 saturated carbocycles. The van der Waals surface area contributed by atoms with E-state index < -0.39 is 11.7 Å². The van der Waals surface area contributed by atoms with E-state index in [0.717, 1.165) is 28.2 Å². The SMILES string of the molecule is O=C(c1ccc(-c2cnc3c(c2)N(Cc2cc(Cl)ccc2C(F)(F)F)CCN3)cc1)N1CCC(n2c(=O)[nH]c3ccccc32)CC1. The maximum atomic E-state index is 13.7. The van der Waals surface area contributed by atoms with E-state index in [1.165, 1.54) is 12.1 Å². The van der Waals surface area contributed by atoms with Gasteiger partial charge in [0.25, 0.3) is 5.91 Å². The zero-order valence-corrected chi connectivity index (χ0v) is 25.4. The number of alkyl halides is 3. The summed E-state index contributed by atoms with van der Waals surface area (Å²) in [4.78, 5) is 37.2. The van der Waals surface area contributed by atoms with Crippen molar-refractivity contribution in [2.24, 2.45) is 0 Å². The summed E-state index contributed by atoms with van der Waals surface area (Å²) in [5, 5.41) is 3.47. The Morgan fingerprint density at radius 1 is 0.957 bits per heavy atom. The molecule has 0 unspecified atom stereocenters. The van der Waals surface area contributed by atoms with E-state index in [1.807, 2.05) is 52.3 Å². The number of rotatable bonds is 5. The smallest absolute Gasteiger partial charge is 0.367 e. The third-order valence-corrected chi connectivity index (χ3v) is 9.06. The number of nitrogens with one attached hydrogen (secondary N) is 2. The molecular weight excluding hydrogens is 617 g/mol. The van der Waals surface area contributed by atoms with Crippen LogP contribution in [0.4, 0.5) is 24.7 Å². The molecule has 12 heteroatoms. The lowest BCUT2D eigenvalue weighted by Gasteiger charge is -2.33. The molecule has 1 saturated heterocycles. The number of hydrogen-bond acceptors (Lipinski definition) is 5. The van der Waals surface area contributed by atoms with E-state index in [9.17, 15) is 22.8 Å². The molecule has 8 nitrogen and oxygen atoms in total. The van der Waals surface area contributed by atoms with Gasteiger partial charge in [0.1, 0.15) is 5.82 Å². The highest BCUT2D eigenvalue weighted by Crippen LogP contribution is 2.37. The van der Waals surface area contributed by atoms with Crippen molar-refractivity contribution in [3.05, 3.63) is 111 Å². The van der Waals surface area contributed by atoms with Crippen LogP contribution in [0.25, 0.3) is 22.2 Å². The highest BCUT2D eigenvalue weighted by Gasteiger charge is 2.34. The molecule has 7 rings (SSSR count). The molecule has 4 heterocycles. The van der Waals surface area contributed by atoms with Gasteiger partial charge in [-0.3, -0.25) is 9.36 Å². The fourth-order valence-corrected chi connectivity index (χ4v) is 6.70. The van der Waals surface area contributed by atoms with Crippen molar-refractivity contribution in [3.63, 3.8) is 0 Å². The first-order valence-electron chi connectivity index (χ1n) is 15.1. The van der Waals surface area contributed by atoms with Crippen molar-refractivity contribution in [1.29, 1.82) is 0 Å². The number of halogens is 4. The van der Waals surface area contributed by atoms with Crippen molar-refractivity contribution < 1.29 is 18.0 Å². The van der Waals surface area contributed by atoms with Gasteiger partial charge in [-0.05, 0) is 72.5 Å². The number of anilines is 2. The van der Waals surface area contributed by atoms with Crippen LogP contribution in [0.5, 0.6) is 0 Å². The molecule has 2 aliphatic heterocycles. The second-order valence-electron chi connectivity index (χ2n) is 11.7. The van der Waals surface area contributed by atoms with E-state index in [0.29, 0.717) is 56.1 Å². The van der Waals surface area contributed by atoms with Crippen LogP contribution < -0.4 is 15.9 Å². The van der Waals surface area contributed by atoms with E-state index >= 15 is 0 Å². The summed E-state index contributed by atoms with van der Waals surface area (Å²) in [6, 6.07) is 20.5. The Balaban J connectivity index is 1.06. The number of aromatic nitrogens is 3. The minimum atomic E-state index is -4.50. The zero-order valence-electron chi connectivity index (χ0n) is 24.6. The van der Waals surface area contributed by atoms with Crippen LogP contribution in [-0.4, -0.2) is 51.5 Å². The van der Waals surface area contributed by atoms with Gasteiger partial charge in [0, 0.05) is 61.1 Å². The van der Waals surface area contributed by atoms with Gasteiger partial charge >= 0.3 is 11.9 Å². The van der Waals surface area contributed by atoms with Crippen molar-refractivity contribution in [3.8, 4) is 11.1 Å². The number of H-pyrrole nitrogens is 1. The minimum Gasteiger partial charge on any atom is -0.367 e. The van der Waals surface area contributed by atoms with Crippen LogP contribution in [0.2, 0.25) is 5.02 Å². The predicted octanol–water partition coefficient (Wildman–Crippen LogP) is 6.97. The number of aromatic amines is 1. The Labute approximate surface area is 267 Å². The molecule has 3 aromatic carbocycles. The van der Waals surface area contributed by atoms with Crippen LogP contribution in [0.1, 0.15) is 40.4 Å². The summed E-state index contributed by atoms with van der Waals surface area (Å²) in [5.74, 6) is 0.521. The average molecular weight is 647 g/mol. The van der Waals surface area contributed by atoms with Gasteiger partial charge in [-0.25, -0.2) is 9.78 Å². The number of hydrogen-bond donors (Lipinski definition) is 2. The number of carbonyl (C=O) groups excluding carboxylic acids is 1. The third-order valence-electron chi connectivity index (χ3n) is 8.82. The molecule has 0 spiro atoms. The number of para-hydroxylation sites is 2. The summed E-state index contributed by atoms with van der Waals surface area (Å²) < 4.78 is 43.0. The third kappa shape index (κ3) is 5.71. The monoisotopic (exact) mass is 646 g/mol. The molecular formula is C34H30ClF3N6O2. The number of imidazole rings is 1. The van der Waals surface area contributed by atoms with Gasteiger partial charge in [0.2, 0.25) is 0 Å². The molecule has 2 aromatic heterocycles. The number of carbonyl (C=O) groups is 1. The molecule has 2 N–H and O–H groups in total. The fraction of sp³-hybridized carbons (Fsp3) is 0.265.